The van der Waals surface area contributed by atoms with Gasteiger partial charge in [-0.15, -0.1) is 6.58 Å². The number of carbonyl (C=O) groups excluding carboxylic acids is 1. The number of amides is 1. The first-order valence-corrected chi connectivity index (χ1v) is 10.0. The maximum atomic E-state index is 13.3. The first-order chi connectivity index (χ1) is 13.9. The lowest BCUT2D eigenvalue weighted by atomic mass is 10.1. The van der Waals surface area contributed by atoms with Gasteiger partial charge in [0.25, 0.3) is 5.91 Å². The average Bonchev–Trinajstić information content (AvgIpc) is 2.71. The second kappa shape index (κ2) is 9.14. The molecule has 154 valence electrons. The van der Waals surface area contributed by atoms with Gasteiger partial charge in [0.05, 0.1) is 19.3 Å². The van der Waals surface area contributed by atoms with Crippen LogP contribution in [0, 0.1) is 6.92 Å². The number of methoxy groups -OCH3 is 1. The molecule has 0 saturated carbocycles. The van der Waals surface area contributed by atoms with Gasteiger partial charge < -0.3 is 19.3 Å². The molecular weight excluding hydrogens is 364 g/mol. The molecule has 0 spiro atoms. The van der Waals surface area contributed by atoms with Crippen LogP contribution in [0.5, 0.6) is 5.75 Å². The summed E-state index contributed by atoms with van der Waals surface area (Å²) in [5.41, 5.74) is 3.45. The highest BCUT2D eigenvalue weighted by Crippen LogP contribution is 2.27. The molecule has 1 heterocycles. The van der Waals surface area contributed by atoms with Crippen molar-refractivity contribution in [1.82, 2.24) is 0 Å². The van der Waals surface area contributed by atoms with Gasteiger partial charge >= 0.3 is 0 Å². The third kappa shape index (κ3) is 4.62. The number of anilines is 2. The maximum Gasteiger partial charge on any atom is 0.258 e. The highest BCUT2D eigenvalue weighted by atomic mass is 16.5. The first-order valence-electron chi connectivity index (χ1n) is 10.0. The minimum Gasteiger partial charge on any atom is -0.496 e. The first kappa shape index (κ1) is 20.9. The fourth-order valence-electron chi connectivity index (χ4n) is 3.88. The molecule has 0 aliphatic carbocycles. The molecule has 3 rings (SSSR count). The van der Waals surface area contributed by atoms with Gasteiger partial charge in [0, 0.05) is 42.1 Å². The molecule has 5 nitrogen and oxygen atoms in total. The molecule has 0 aromatic heterocycles. The molecule has 5 heteroatoms. The summed E-state index contributed by atoms with van der Waals surface area (Å²) in [6.45, 7) is 12.1. The number of benzene rings is 2. The van der Waals surface area contributed by atoms with Crippen LogP contribution in [-0.2, 0) is 4.74 Å². The Morgan fingerprint density at radius 3 is 2.45 bits per heavy atom. The van der Waals surface area contributed by atoms with Crippen molar-refractivity contribution < 1.29 is 14.3 Å². The van der Waals surface area contributed by atoms with Gasteiger partial charge in [-0.05, 0) is 57.2 Å². The quantitative estimate of drug-likeness (QED) is 0.679. The summed E-state index contributed by atoms with van der Waals surface area (Å²) in [7, 11) is 1.62. The van der Waals surface area contributed by atoms with Crippen molar-refractivity contribution in [3.8, 4) is 5.75 Å². The predicted octanol–water partition coefficient (Wildman–Crippen LogP) is 4.45. The standard InChI is InChI=1S/C24H30N2O3/c1-6-14-26(24(27)22-8-7-9-23(28-5)19(22)4)21-12-10-20(11-13-21)25-15-17(2)29-18(3)16-25/h6-13,17-18H,1,14-16H2,2-5H3/t17-,18+. The summed E-state index contributed by atoms with van der Waals surface area (Å²) < 4.78 is 11.2. The molecule has 0 bridgehead atoms. The molecule has 0 unspecified atom stereocenters. The molecule has 1 aliphatic rings. The third-order valence-corrected chi connectivity index (χ3v) is 5.24. The second-order valence-electron chi connectivity index (χ2n) is 7.52. The van der Waals surface area contributed by atoms with E-state index in [9.17, 15) is 4.79 Å². The number of nitrogens with zero attached hydrogens (tertiary/aromatic N) is 2. The normalized spacial score (nSPS) is 19.0. The molecule has 1 saturated heterocycles. The van der Waals surface area contributed by atoms with Gasteiger partial charge in [-0.25, -0.2) is 0 Å². The van der Waals surface area contributed by atoms with Crippen LogP contribution in [0.2, 0.25) is 0 Å². The molecular formula is C24H30N2O3. The van der Waals surface area contributed by atoms with Crippen LogP contribution in [0.15, 0.2) is 55.1 Å². The number of rotatable bonds is 6. The Labute approximate surface area is 173 Å². The van der Waals surface area contributed by atoms with E-state index in [1.165, 1.54) is 0 Å². The van der Waals surface area contributed by atoms with Crippen LogP contribution >= 0.6 is 0 Å². The van der Waals surface area contributed by atoms with Crippen LogP contribution in [-0.4, -0.2) is 44.9 Å². The molecule has 29 heavy (non-hydrogen) atoms. The van der Waals surface area contributed by atoms with Crippen molar-refractivity contribution in [2.75, 3.05) is 36.5 Å². The zero-order chi connectivity index (χ0) is 21.0. The summed E-state index contributed by atoms with van der Waals surface area (Å²) >= 11 is 0. The fraction of sp³-hybridized carbons (Fsp3) is 0.375. The number of hydrogen-bond donors (Lipinski definition) is 0. The SMILES string of the molecule is C=CCN(C(=O)c1cccc(OC)c1C)c1ccc(N2C[C@@H](C)O[C@@H](C)C2)cc1. The van der Waals surface area contributed by atoms with E-state index in [1.807, 2.05) is 37.3 Å². The number of hydrogen-bond acceptors (Lipinski definition) is 4. The van der Waals surface area contributed by atoms with Crippen molar-refractivity contribution in [2.45, 2.75) is 33.0 Å². The zero-order valence-electron chi connectivity index (χ0n) is 17.7. The minimum atomic E-state index is -0.0670. The van der Waals surface area contributed by atoms with Gasteiger partial charge in [-0.2, -0.15) is 0 Å². The van der Waals surface area contributed by atoms with Crippen LogP contribution in [0.4, 0.5) is 11.4 Å². The van der Waals surface area contributed by atoms with E-state index in [0.717, 1.165) is 30.0 Å². The lowest BCUT2D eigenvalue weighted by Crippen LogP contribution is -2.45. The topological polar surface area (TPSA) is 42.0 Å². The van der Waals surface area contributed by atoms with E-state index in [-0.39, 0.29) is 18.1 Å². The highest BCUT2D eigenvalue weighted by Gasteiger charge is 2.23. The second-order valence-corrected chi connectivity index (χ2v) is 7.52. The van der Waals surface area contributed by atoms with Crippen molar-refractivity contribution in [1.29, 1.82) is 0 Å². The summed E-state index contributed by atoms with van der Waals surface area (Å²) in [5, 5.41) is 0. The Hall–Kier alpha value is -2.79. The zero-order valence-corrected chi connectivity index (χ0v) is 17.7. The Balaban J connectivity index is 1.86. The number of carbonyl (C=O) groups is 1. The van der Waals surface area contributed by atoms with E-state index >= 15 is 0 Å². The van der Waals surface area contributed by atoms with Gasteiger partial charge in [0.15, 0.2) is 0 Å². The summed E-state index contributed by atoms with van der Waals surface area (Å²) in [6, 6.07) is 13.7. The Kier molecular flexibility index (Phi) is 6.60. The van der Waals surface area contributed by atoms with Crippen molar-refractivity contribution in [3.05, 3.63) is 66.2 Å². The number of morpholine rings is 1. The monoisotopic (exact) mass is 394 g/mol. The number of ether oxygens (including phenoxy) is 2. The summed E-state index contributed by atoms with van der Waals surface area (Å²) in [5.74, 6) is 0.642. The predicted molar refractivity (Wildman–Crippen MR) is 118 cm³/mol. The lowest BCUT2D eigenvalue weighted by molar-refractivity contribution is -0.00521. The summed E-state index contributed by atoms with van der Waals surface area (Å²) in [4.78, 5) is 17.4. The van der Waals surface area contributed by atoms with Crippen LogP contribution in [0.25, 0.3) is 0 Å². The van der Waals surface area contributed by atoms with E-state index < -0.39 is 0 Å². The highest BCUT2D eigenvalue weighted by molar-refractivity contribution is 6.07. The molecule has 0 N–H and O–H groups in total. The maximum absolute atomic E-state index is 13.3. The van der Waals surface area contributed by atoms with Gasteiger partial charge in [0.2, 0.25) is 0 Å². The van der Waals surface area contributed by atoms with Crippen molar-refractivity contribution >= 4 is 17.3 Å². The van der Waals surface area contributed by atoms with Crippen molar-refractivity contribution in [3.63, 3.8) is 0 Å². The van der Waals surface area contributed by atoms with Crippen LogP contribution < -0.4 is 14.5 Å². The molecule has 2 aromatic rings. The van der Waals surface area contributed by atoms with Crippen LogP contribution in [0.1, 0.15) is 29.8 Å². The molecule has 2 atom stereocenters. The van der Waals surface area contributed by atoms with Gasteiger partial charge in [0.1, 0.15) is 5.75 Å². The molecule has 0 radical (unpaired) electrons. The van der Waals surface area contributed by atoms with E-state index in [0.29, 0.717) is 17.9 Å². The molecule has 1 aliphatic heterocycles. The fourth-order valence-corrected chi connectivity index (χ4v) is 3.88. The Bertz CT molecular complexity index is 853. The lowest BCUT2D eigenvalue weighted by Gasteiger charge is -2.37. The Morgan fingerprint density at radius 1 is 1.21 bits per heavy atom. The van der Waals surface area contributed by atoms with E-state index in [4.69, 9.17) is 9.47 Å². The minimum absolute atomic E-state index is 0.0670. The molecule has 2 aromatic carbocycles. The summed E-state index contributed by atoms with van der Waals surface area (Å²) in [6.07, 6.45) is 2.15. The average molecular weight is 395 g/mol. The van der Waals surface area contributed by atoms with Crippen molar-refractivity contribution in [2.24, 2.45) is 0 Å². The third-order valence-electron chi connectivity index (χ3n) is 5.24. The van der Waals surface area contributed by atoms with E-state index in [2.05, 4.69) is 37.5 Å². The van der Waals surface area contributed by atoms with Gasteiger partial charge in [-0.1, -0.05) is 12.1 Å². The smallest absolute Gasteiger partial charge is 0.258 e. The van der Waals surface area contributed by atoms with Crippen LogP contribution in [0.3, 0.4) is 0 Å². The molecule has 1 amide bonds. The van der Waals surface area contributed by atoms with Gasteiger partial charge in [-0.3, -0.25) is 4.79 Å². The Morgan fingerprint density at radius 2 is 1.86 bits per heavy atom. The van der Waals surface area contributed by atoms with E-state index in [1.54, 1.807) is 18.1 Å². The molecule has 1 fully saturated rings. The largest absolute Gasteiger partial charge is 0.496 e.